The van der Waals surface area contributed by atoms with E-state index in [0.29, 0.717) is 6.04 Å². The molecule has 1 fully saturated rings. The Hall–Kier alpha value is -0.960. The second-order valence-electron chi connectivity index (χ2n) is 5.91. The third-order valence-corrected chi connectivity index (χ3v) is 4.33. The maximum Gasteiger partial charge on any atom is 0.157 e. The molecule has 2 nitrogen and oxygen atoms in total. The lowest BCUT2D eigenvalue weighted by atomic mass is 10.0. The third kappa shape index (κ3) is 4.90. The summed E-state index contributed by atoms with van der Waals surface area (Å²) >= 11 is 1.85. The minimum atomic E-state index is 0.198. The van der Waals surface area contributed by atoms with Crippen molar-refractivity contribution in [1.82, 2.24) is 5.32 Å². The molecule has 2 rings (SSSR count). The first kappa shape index (κ1) is 14.4. The van der Waals surface area contributed by atoms with Gasteiger partial charge in [-0.05, 0) is 45.6 Å². The highest BCUT2D eigenvalue weighted by molar-refractivity contribution is 8.13. The predicted molar refractivity (Wildman–Crippen MR) is 85.9 cm³/mol. The lowest BCUT2D eigenvalue weighted by molar-refractivity contribution is 0.445. The second-order valence-corrected chi connectivity index (χ2v) is 7.00. The molecule has 1 aromatic rings. The van der Waals surface area contributed by atoms with E-state index in [1.54, 1.807) is 0 Å². The summed E-state index contributed by atoms with van der Waals surface area (Å²) in [6, 6.07) is 11.0. The highest BCUT2D eigenvalue weighted by Gasteiger charge is 2.24. The number of hydrogen-bond donors (Lipinski definition) is 1. The Morgan fingerprint density at radius 3 is 2.74 bits per heavy atom. The highest BCUT2D eigenvalue weighted by Crippen LogP contribution is 2.22. The Bertz CT molecular complexity index is 426. The molecule has 1 aliphatic rings. The topological polar surface area (TPSA) is 24.4 Å². The van der Waals surface area contributed by atoms with Crippen molar-refractivity contribution in [2.45, 2.75) is 51.6 Å². The first-order chi connectivity index (χ1) is 9.05. The summed E-state index contributed by atoms with van der Waals surface area (Å²) in [7, 11) is 0. The zero-order chi connectivity index (χ0) is 13.7. The van der Waals surface area contributed by atoms with Crippen molar-refractivity contribution in [1.29, 1.82) is 0 Å². The number of nitrogens with one attached hydrogen (secondary N) is 1. The Balaban J connectivity index is 1.85. The maximum atomic E-state index is 4.82. The fourth-order valence-electron chi connectivity index (χ4n) is 2.15. The lowest BCUT2D eigenvalue weighted by Crippen LogP contribution is -2.46. The van der Waals surface area contributed by atoms with Crippen LogP contribution in [0, 0.1) is 0 Å². The van der Waals surface area contributed by atoms with Crippen LogP contribution in [0.5, 0.6) is 0 Å². The minimum absolute atomic E-state index is 0.198. The summed E-state index contributed by atoms with van der Waals surface area (Å²) in [5, 5.41) is 4.66. The van der Waals surface area contributed by atoms with Gasteiger partial charge in [0.2, 0.25) is 0 Å². The van der Waals surface area contributed by atoms with Crippen LogP contribution in [0.15, 0.2) is 35.3 Å². The number of nitrogens with zero attached hydrogens (tertiary/aromatic N) is 1. The quantitative estimate of drug-likeness (QED) is 0.903. The van der Waals surface area contributed by atoms with Crippen LogP contribution >= 0.6 is 11.8 Å². The number of amidine groups is 1. The summed E-state index contributed by atoms with van der Waals surface area (Å²) < 4.78 is 0. The van der Waals surface area contributed by atoms with Crippen molar-refractivity contribution in [2.24, 2.45) is 4.99 Å². The number of rotatable bonds is 4. The van der Waals surface area contributed by atoms with Gasteiger partial charge >= 0.3 is 0 Å². The molecule has 1 aromatic carbocycles. The van der Waals surface area contributed by atoms with Crippen LogP contribution in [-0.2, 0) is 6.42 Å². The summed E-state index contributed by atoms with van der Waals surface area (Å²) in [4.78, 5) is 4.82. The lowest BCUT2D eigenvalue weighted by Gasteiger charge is -2.32. The summed E-state index contributed by atoms with van der Waals surface area (Å²) in [5.74, 6) is 1.17. The predicted octanol–water partition coefficient (Wildman–Crippen LogP) is 3.87. The van der Waals surface area contributed by atoms with Gasteiger partial charge in [0.05, 0.1) is 6.04 Å². The van der Waals surface area contributed by atoms with E-state index < -0.39 is 0 Å². The molecule has 1 aliphatic heterocycles. The average molecular weight is 276 g/mol. The number of aryl methyl sites for hydroxylation is 1. The first-order valence-corrected chi connectivity index (χ1v) is 8.06. The van der Waals surface area contributed by atoms with E-state index in [4.69, 9.17) is 4.99 Å². The molecule has 1 heterocycles. The van der Waals surface area contributed by atoms with E-state index in [-0.39, 0.29) is 5.54 Å². The molecule has 1 atom stereocenters. The first-order valence-electron chi connectivity index (χ1n) is 7.08. The van der Waals surface area contributed by atoms with Crippen molar-refractivity contribution in [3.05, 3.63) is 35.9 Å². The zero-order valence-electron chi connectivity index (χ0n) is 12.1. The molecule has 0 amide bonds. The highest BCUT2D eigenvalue weighted by atomic mass is 32.2. The molecule has 3 heteroatoms. The van der Waals surface area contributed by atoms with Crippen molar-refractivity contribution in [3.8, 4) is 0 Å². The number of thioether (sulfide) groups is 1. The van der Waals surface area contributed by atoms with E-state index in [2.05, 4.69) is 56.4 Å². The summed E-state index contributed by atoms with van der Waals surface area (Å²) in [5.41, 5.74) is 1.60. The van der Waals surface area contributed by atoms with Gasteiger partial charge in [-0.15, -0.1) is 0 Å². The summed E-state index contributed by atoms with van der Waals surface area (Å²) in [6.45, 7) is 6.70. The SMILES string of the molecule is CC(CCc1ccccc1)N=C1NC(C)(C)CCS1. The minimum Gasteiger partial charge on any atom is -0.360 e. The fourth-order valence-corrected chi connectivity index (χ4v) is 3.55. The molecule has 0 aromatic heterocycles. The Labute approximate surface area is 121 Å². The van der Waals surface area contributed by atoms with Gasteiger partial charge in [0.1, 0.15) is 0 Å². The molecule has 0 spiro atoms. The molecule has 104 valence electrons. The summed E-state index contributed by atoms with van der Waals surface area (Å²) in [6.07, 6.45) is 3.41. The van der Waals surface area contributed by atoms with Gasteiger partial charge in [-0.1, -0.05) is 42.1 Å². The van der Waals surface area contributed by atoms with Gasteiger partial charge in [-0.3, -0.25) is 4.99 Å². The molecule has 1 N–H and O–H groups in total. The van der Waals surface area contributed by atoms with Crippen molar-refractivity contribution in [2.75, 3.05) is 5.75 Å². The molecule has 0 aliphatic carbocycles. The van der Waals surface area contributed by atoms with E-state index >= 15 is 0 Å². The van der Waals surface area contributed by atoms with E-state index in [1.807, 2.05) is 11.8 Å². The van der Waals surface area contributed by atoms with Gasteiger partial charge in [-0.2, -0.15) is 0 Å². The van der Waals surface area contributed by atoms with Crippen LogP contribution in [0.25, 0.3) is 0 Å². The van der Waals surface area contributed by atoms with E-state index in [0.717, 1.165) is 18.0 Å². The third-order valence-electron chi connectivity index (χ3n) is 3.44. The van der Waals surface area contributed by atoms with Gasteiger partial charge in [0, 0.05) is 11.3 Å². The Morgan fingerprint density at radius 2 is 2.05 bits per heavy atom. The molecule has 0 saturated carbocycles. The fraction of sp³-hybridized carbons (Fsp3) is 0.562. The van der Waals surface area contributed by atoms with Crippen molar-refractivity contribution < 1.29 is 0 Å². The van der Waals surface area contributed by atoms with Gasteiger partial charge in [-0.25, -0.2) is 0 Å². The molecule has 1 saturated heterocycles. The Kier molecular flexibility index (Phi) is 4.92. The van der Waals surface area contributed by atoms with Gasteiger partial charge in [0.25, 0.3) is 0 Å². The maximum absolute atomic E-state index is 4.82. The van der Waals surface area contributed by atoms with Crippen molar-refractivity contribution >= 4 is 16.9 Å². The Morgan fingerprint density at radius 1 is 1.32 bits per heavy atom. The van der Waals surface area contributed by atoms with E-state index in [1.165, 1.54) is 17.7 Å². The second kappa shape index (κ2) is 6.47. The monoisotopic (exact) mass is 276 g/mol. The molecular weight excluding hydrogens is 252 g/mol. The molecular formula is C16H24N2S. The van der Waals surface area contributed by atoms with Gasteiger partial charge < -0.3 is 5.32 Å². The van der Waals surface area contributed by atoms with Crippen LogP contribution in [0.4, 0.5) is 0 Å². The molecule has 0 bridgehead atoms. The van der Waals surface area contributed by atoms with E-state index in [9.17, 15) is 0 Å². The van der Waals surface area contributed by atoms with Crippen LogP contribution in [0.3, 0.4) is 0 Å². The van der Waals surface area contributed by atoms with Crippen LogP contribution < -0.4 is 5.32 Å². The standard InChI is InChI=1S/C16H24N2S/c1-13(9-10-14-7-5-4-6-8-14)17-15-18-16(2,3)11-12-19-15/h4-8,13H,9-12H2,1-3H3,(H,17,18). The zero-order valence-corrected chi connectivity index (χ0v) is 13.0. The average Bonchev–Trinajstić information content (AvgIpc) is 2.36. The number of aliphatic imine (C=N–C) groups is 1. The molecule has 19 heavy (non-hydrogen) atoms. The van der Waals surface area contributed by atoms with Crippen molar-refractivity contribution in [3.63, 3.8) is 0 Å². The van der Waals surface area contributed by atoms with Crippen LogP contribution in [0.1, 0.15) is 39.2 Å². The normalized spacial score (nSPS) is 21.9. The number of hydrogen-bond acceptors (Lipinski definition) is 2. The molecule has 1 unspecified atom stereocenters. The van der Waals surface area contributed by atoms with Crippen LogP contribution in [0.2, 0.25) is 0 Å². The largest absolute Gasteiger partial charge is 0.360 e. The van der Waals surface area contributed by atoms with Crippen LogP contribution in [-0.4, -0.2) is 22.5 Å². The number of benzene rings is 1. The smallest absolute Gasteiger partial charge is 0.157 e. The molecule has 0 radical (unpaired) electrons. The van der Waals surface area contributed by atoms with Gasteiger partial charge in [0.15, 0.2) is 5.17 Å².